The molecule has 2 aromatic rings. The number of Topliss-reactive ketones (excluding diaryl/α,β-unsaturated/α-hetero) is 1. The van der Waals surface area contributed by atoms with Gasteiger partial charge in [-0.15, -0.1) is 11.3 Å². The van der Waals surface area contributed by atoms with Crippen LogP contribution in [0.15, 0.2) is 47.3 Å². The van der Waals surface area contributed by atoms with Crippen molar-refractivity contribution in [2.45, 2.75) is 52.4 Å². The highest BCUT2D eigenvalue weighted by molar-refractivity contribution is 7.12. The molecule has 0 saturated carbocycles. The van der Waals surface area contributed by atoms with E-state index in [-0.39, 0.29) is 18.9 Å². The summed E-state index contributed by atoms with van der Waals surface area (Å²) in [5, 5.41) is 4.64. The van der Waals surface area contributed by atoms with Gasteiger partial charge in [0.2, 0.25) is 0 Å². The second-order valence-corrected chi connectivity index (χ2v) is 9.40. The number of alkyl carbamates (subject to hydrolysis) is 1. The maximum Gasteiger partial charge on any atom is 0.492 e. The third-order valence-electron chi connectivity index (χ3n) is 5.56. The number of thiophene rings is 1. The molecule has 0 unspecified atom stereocenters. The molecule has 0 atom stereocenters. The van der Waals surface area contributed by atoms with E-state index in [1.54, 1.807) is 0 Å². The topological polar surface area (TPSA) is 73.9 Å². The van der Waals surface area contributed by atoms with Crippen LogP contribution in [0, 0.1) is 0 Å². The molecule has 1 aromatic carbocycles. The van der Waals surface area contributed by atoms with Gasteiger partial charge in [-0.1, -0.05) is 36.4 Å². The minimum Gasteiger partial charge on any atom is -0.445 e. The fourth-order valence-electron chi connectivity index (χ4n) is 3.06. The van der Waals surface area contributed by atoms with Gasteiger partial charge in [0.25, 0.3) is 0 Å². The summed E-state index contributed by atoms with van der Waals surface area (Å²) < 4.78 is 17.7. The SMILES string of the molecule is CC(=O)c1sccc1C=C(CNC(=O)OCc1ccccc1)B1OC(C)(C)C(C)(C)O1. The average Bonchev–Trinajstić information content (AvgIpc) is 3.25. The van der Waals surface area contributed by atoms with Crippen molar-refractivity contribution in [2.75, 3.05) is 6.54 Å². The third-order valence-corrected chi connectivity index (χ3v) is 6.59. The van der Waals surface area contributed by atoms with Crippen LogP contribution in [0.3, 0.4) is 0 Å². The molecule has 8 heteroatoms. The molecule has 164 valence electrons. The van der Waals surface area contributed by atoms with E-state index in [4.69, 9.17) is 14.0 Å². The number of ether oxygens (including phenoxy) is 1. The van der Waals surface area contributed by atoms with Crippen molar-refractivity contribution in [1.29, 1.82) is 0 Å². The Morgan fingerprint density at radius 2 is 1.74 bits per heavy atom. The van der Waals surface area contributed by atoms with Crippen LogP contribution < -0.4 is 5.32 Å². The van der Waals surface area contributed by atoms with E-state index >= 15 is 0 Å². The van der Waals surface area contributed by atoms with Crippen LogP contribution in [-0.4, -0.2) is 36.7 Å². The van der Waals surface area contributed by atoms with Crippen molar-refractivity contribution in [3.8, 4) is 0 Å². The summed E-state index contributed by atoms with van der Waals surface area (Å²) >= 11 is 1.38. The first-order valence-electron chi connectivity index (χ1n) is 10.2. The molecular weight excluding hydrogens is 413 g/mol. The maximum atomic E-state index is 12.3. The third kappa shape index (κ3) is 5.64. The Hall–Kier alpha value is -2.42. The van der Waals surface area contributed by atoms with Crippen molar-refractivity contribution in [2.24, 2.45) is 0 Å². The van der Waals surface area contributed by atoms with Crippen LogP contribution in [0.1, 0.15) is 55.4 Å². The van der Waals surface area contributed by atoms with Gasteiger partial charge in [-0.25, -0.2) is 4.79 Å². The molecule has 0 aliphatic carbocycles. The number of hydrogen-bond donors (Lipinski definition) is 1. The number of nitrogens with one attached hydrogen (secondary N) is 1. The highest BCUT2D eigenvalue weighted by Crippen LogP contribution is 2.39. The second-order valence-electron chi connectivity index (χ2n) is 8.48. The molecule has 1 aliphatic heterocycles. The van der Waals surface area contributed by atoms with Gasteiger partial charge in [0.15, 0.2) is 5.78 Å². The lowest BCUT2D eigenvalue weighted by molar-refractivity contribution is 0.00578. The highest BCUT2D eigenvalue weighted by Gasteiger charge is 2.52. The largest absolute Gasteiger partial charge is 0.492 e. The molecule has 0 spiro atoms. The standard InChI is InChI=1S/C23H28BNO5S/c1-16(26)20-18(11-12-31-20)13-19(24-29-22(2,3)23(4,5)30-24)14-25-21(27)28-15-17-9-7-6-8-10-17/h6-13H,14-15H2,1-5H3,(H,25,27). The zero-order valence-corrected chi connectivity index (χ0v) is 19.4. The van der Waals surface area contributed by atoms with E-state index in [0.29, 0.717) is 10.3 Å². The lowest BCUT2D eigenvalue weighted by Gasteiger charge is -2.32. The van der Waals surface area contributed by atoms with E-state index < -0.39 is 24.4 Å². The van der Waals surface area contributed by atoms with Crippen LogP contribution in [0.2, 0.25) is 0 Å². The molecule has 6 nitrogen and oxygen atoms in total. The van der Waals surface area contributed by atoms with E-state index in [0.717, 1.165) is 11.1 Å². The van der Waals surface area contributed by atoms with Gasteiger partial charge in [-0.2, -0.15) is 0 Å². The van der Waals surface area contributed by atoms with Gasteiger partial charge in [-0.05, 0) is 62.7 Å². The minimum absolute atomic E-state index is 0.00949. The van der Waals surface area contributed by atoms with E-state index in [2.05, 4.69) is 5.32 Å². The summed E-state index contributed by atoms with van der Waals surface area (Å²) in [5.74, 6) is -0.00949. The Kier molecular flexibility index (Phi) is 7.04. The molecule has 1 aromatic heterocycles. The molecule has 1 amide bonds. The maximum absolute atomic E-state index is 12.3. The van der Waals surface area contributed by atoms with Gasteiger partial charge >= 0.3 is 13.2 Å². The molecular formula is C23H28BNO5S. The van der Waals surface area contributed by atoms with Crippen molar-refractivity contribution < 1.29 is 23.6 Å². The lowest BCUT2D eigenvalue weighted by atomic mass is 9.77. The number of carbonyl (C=O) groups is 2. The molecule has 1 fully saturated rings. The molecule has 0 radical (unpaired) electrons. The minimum atomic E-state index is -0.654. The monoisotopic (exact) mass is 441 g/mol. The van der Waals surface area contributed by atoms with Gasteiger partial charge in [-0.3, -0.25) is 4.79 Å². The van der Waals surface area contributed by atoms with Crippen molar-refractivity contribution in [3.05, 3.63) is 63.3 Å². The summed E-state index contributed by atoms with van der Waals surface area (Å²) in [6.45, 7) is 9.76. The normalized spacial score (nSPS) is 17.5. The molecule has 1 saturated heterocycles. The summed E-state index contributed by atoms with van der Waals surface area (Å²) in [5.41, 5.74) is 1.34. The Labute approximate surface area is 187 Å². The smallest absolute Gasteiger partial charge is 0.445 e. The Balaban J connectivity index is 1.75. The molecule has 3 rings (SSSR count). The van der Waals surface area contributed by atoms with E-state index in [1.165, 1.54) is 18.3 Å². The van der Waals surface area contributed by atoms with Crippen LogP contribution in [0.5, 0.6) is 0 Å². The molecule has 31 heavy (non-hydrogen) atoms. The quantitative estimate of drug-likeness (QED) is 0.489. The summed E-state index contributed by atoms with van der Waals surface area (Å²) in [7, 11) is -0.654. The van der Waals surface area contributed by atoms with Crippen molar-refractivity contribution in [1.82, 2.24) is 5.32 Å². The van der Waals surface area contributed by atoms with Crippen molar-refractivity contribution >= 4 is 36.4 Å². The van der Waals surface area contributed by atoms with Gasteiger partial charge < -0.3 is 19.4 Å². The number of benzene rings is 1. The van der Waals surface area contributed by atoms with Crippen LogP contribution in [0.25, 0.3) is 6.08 Å². The number of ketones is 1. The molecule has 2 heterocycles. The number of rotatable bonds is 7. The first-order chi connectivity index (χ1) is 14.6. The first-order valence-corrected chi connectivity index (χ1v) is 11.1. The van der Waals surface area contributed by atoms with Gasteiger partial charge in [0, 0.05) is 6.54 Å². The zero-order valence-electron chi connectivity index (χ0n) is 18.6. The highest BCUT2D eigenvalue weighted by atomic mass is 32.1. The zero-order chi connectivity index (χ0) is 22.6. The summed E-state index contributed by atoms with van der Waals surface area (Å²) in [4.78, 5) is 24.9. The summed E-state index contributed by atoms with van der Waals surface area (Å²) in [6, 6.07) is 11.4. The Morgan fingerprint density at radius 3 is 2.35 bits per heavy atom. The molecule has 0 bridgehead atoms. The molecule has 1 aliphatic rings. The first kappa shape index (κ1) is 23.3. The second kappa shape index (κ2) is 9.38. The Morgan fingerprint density at radius 1 is 1.10 bits per heavy atom. The molecule has 1 N–H and O–H groups in total. The predicted octanol–water partition coefficient (Wildman–Crippen LogP) is 4.89. The lowest BCUT2D eigenvalue weighted by Crippen LogP contribution is -2.41. The summed E-state index contributed by atoms with van der Waals surface area (Å²) in [6.07, 6.45) is 1.32. The van der Waals surface area contributed by atoms with Gasteiger partial charge in [0.1, 0.15) is 6.61 Å². The fourth-order valence-corrected chi connectivity index (χ4v) is 3.84. The number of hydrogen-bond acceptors (Lipinski definition) is 6. The number of amides is 1. The van der Waals surface area contributed by atoms with Crippen LogP contribution in [-0.2, 0) is 20.7 Å². The van der Waals surface area contributed by atoms with Gasteiger partial charge in [0.05, 0.1) is 16.1 Å². The van der Waals surface area contributed by atoms with E-state index in [1.807, 2.05) is 75.5 Å². The van der Waals surface area contributed by atoms with Crippen LogP contribution >= 0.6 is 11.3 Å². The fraction of sp³-hybridized carbons (Fsp3) is 0.391. The predicted molar refractivity (Wildman–Crippen MR) is 123 cm³/mol. The van der Waals surface area contributed by atoms with Crippen molar-refractivity contribution in [3.63, 3.8) is 0 Å². The Bertz CT molecular complexity index is 951. The average molecular weight is 441 g/mol. The van der Waals surface area contributed by atoms with E-state index in [9.17, 15) is 9.59 Å². The van der Waals surface area contributed by atoms with Crippen LogP contribution in [0.4, 0.5) is 4.79 Å². The number of carbonyl (C=O) groups excluding carboxylic acids is 2.